The highest BCUT2D eigenvalue weighted by Gasteiger charge is 2.10. The molecule has 19 heavy (non-hydrogen) atoms. The van der Waals surface area contributed by atoms with Crippen LogP contribution >= 0.6 is 11.8 Å². The molecule has 0 spiro atoms. The molecule has 0 N–H and O–H groups in total. The van der Waals surface area contributed by atoms with Gasteiger partial charge in [-0.2, -0.15) is 10.1 Å². The van der Waals surface area contributed by atoms with Crippen LogP contribution in [0.5, 0.6) is 0 Å². The van der Waals surface area contributed by atoms with E-state index in [2.05, 4.69) is 20.2 Å². The largest absolute Gasteiger partial charge is 0.307 e. The Balaban J connectivity index is 1.72. The second-order valence-electron chi connectivity index (χ2n) is 3.53. The van der Waals surface area contributed by atoms with Gasteiger partial charge in [0.25, 0.3) is 5.78 Å². The SMILES string of the molecule is O=[N+]([O-])c1cnn(CSc2nc3ncccn3n2)c1. The number of aromatic nitrogens is 6. The van der Waals surface area contributed by atoms with Gasteiger partial charge in [0, 0.05) is 12.4 Å². The van der Waals surface area contributed by atoms with Crippen LogP contribution in [-0.4, -0.2) is 34.3 Å². The smallest absolute Gasteiger partial charge is 0.258 e. The van der Waals surface area contributed by atoms with Crippen LogP contribution in [0, 0.1) is 10.1 Å². The second-order valence-corrected chi connectivity index (χ2v) is 4.44. The van der Waals surface area contributed by atoms with Crippen molar-refractivity contribution >= 4 is 23.2 Å². The Kier molecular flexibility index (Phi) is 2.83. The third kappa shape index (κ3) is 2.38. The Morgan fingerprint density at radius 3 is 3.11 bits per heavy atom. The number of rotatable bonds is 4. The summed E-state index contributed by atoms with van der Waals surface area (Å²) in [6, 6.07) is 1.76. The van der Waals surface area contributed by atoms with Crippen LogP contribution in [0.2, 0.25) is 0 Å². The highest BCUT2D eigenvalue weighted by molar-refractivity contribution is 7.98. The molecule has 0 fully saturated rings. The fraction of sp³-hybridized carbons (Fsp3) is 0.111. The molecule has 0 aliphatic rings. The Hall–Kier alpha value is -2.49. The molecule has 9 nitrogen and oxygen atoms in total. The maximum absolute atomic E-state index is 10.5. The van der Waals surface area contributed by atoms with Crippen molar-refractivity contribution in [3.05, 3.63) is 41.0 Å². The van der Waals surface area contributed by atoms with Gasteiger partial charge in [0.05, 0.1) is 10.8 Å². The van der Waals surface area contributed by atoms with E-state index in [9.17, 15) is 10.1 Å². The maximum atomic E-state index is 10.5. The van der Waals surface area contributed by atoms with Crippen LogP contribution in [0.3, 0.4) is 0 Å². The molecule has 3 rings (SSSR count). The molecular weight excluding hydrogens is 270 g/mol. The van der Waals surface area contributed by atoms with Gasteiger partial charge in [-0.25, -0.2) is 9.50 Å². The van der Waals surface area contributed by atoms with Gasteiger partial charge < -0.3 is 0 Å². The molecule has 3 aromatic rings. The third-order valence-electron chi connectivity index (χ3n) is 2.25. The van der Waals surface area contributed by atoms with Crippen molar-refractivity contribution in [1.29, 1.82) is 0 Å². The molecular formula is C9H7N7O2S. The zero-order valence-corrected chi connectivity index (χ0v) is 10.3. The van der Waals surface area contributed by atoms with Gasteiger partial charge in [0.2, 0.25) is 5.16 Å². The standard InChI is InChI=1S/C9H7N7O2S/c17-16(18)7-4-11-14(5-7)6-19-9-12-8-10-2-1-3-15(8)13-9/h1-5H,6H2. The predicted molar refractivity (Wildman–Crippen MR) is 65.5 cm³/mol. The van der Waals surface area contributed by atoms with Crippen molar-refractivity contribution in [2.75, 3.05) is 0 Å². The topological polar surface area (TPSA) is 104 Å². The molecule has 0 unspecified atom stereocenters. The summed E-state index contributed by atoms with van der Waals surface area (Å²) in [4.78, 5) is 18.3. The molecule has 0 saturated carbocycles. The quantitative estimate of drug-likeness (QED) is 0.397. The lowest BCUT2D eigenvalue weighted by Gasteiger charge is -1.95. The van der Waals surface area contributed by atoms with Gasteiger partial charge >= 0.3 is 5.69 Å². The average Bonchev–Trinajstić information content (AvgIpc) is 3.02. The monoisotopic (exact) mass is 277 g/mol. The van der Waals surface area contributed by atoms with E-state index in [1.54, 1.807) is 23.0 Å². The molecule has 10 heteroatoms. The lowest BCUT2D eigenvalue weighted by Crippen LogP contribution is -1.95. The van der Waals surface area contributed by atoms with Crippen LogP contribution < -0.4 is 0 Å². The van der Waals surface area contributed by atoms with Crippen LogP contribution in [0.1, 0.15) is 0 Å². The lowest BCUT2D eigenvalue weighted by atomic mass is 10.6. The minimum Gasteiger partial charge on any atom is -0.258 e. The summed E-state index contributed by atoms with van der Waals surface area (Å²) in [5.41, 5.74) is -0.0368. The fourth-order valence-electron chi connectivity index (χ4n) is 1.42. The summed E-state index contributed by atoms with van der Waals surface area (Å²) in [6.07, 6.45) is 5.95. The van der Waals surface area contributed by atoms with E-state index >= 15 is 0 Å². The summed E-state index contributed by atoms with van der Waals surface area (Å²) in [5.74, 6) is 0.904. The number of fused-ring (bicyclic) bond motifs is 1. The van der Waals surface area contributed by atoms with E-state index in [4.69, 9.17) is 0 Å². The average molecular weight is 277 g/mol. The number of hydrogen-bond acceptors (Lipinski definition) is 7. The molecule has 3 aromatic heterocycles. The van der Waals surface area contributed by atoms with E-state index in [1.807, 2.05) is 0 Å². The molecule has 0 aromatic carbocycles. The Bertz CT molecular complexity index is 704. The van der Waals surface area contributed by atoms with Crippen molar-refractivity contribution < 1.29 is 4.92 Å². The van der Waals surface area contributed by atoms with Gasteiger partial charge in [-0.05, 0) is 6.07 Å². The van der Waals surface area contributed by atoms with Crippen molar-refractivity contribution in [1.82, 2.24) is 29.4 Å². The van der Waals surface area contributed by atoms with Crippen LogP contribution in [-0.2, 0) is 5.88 Å². The van der Waals surface area contributed by atoms with E-state index in [0.717, 1.165) is 0 Å². The molecule has 3 heterocycles. The minimum absolute atomic E-state index is 0.0368. The van der Waals surface area contributed by atoms with Crippen LogP contribution in [0.15, 0.2) is 36.0 Å². The highest BCUT2D eigenvalue weighted by atomic mass is 32.2. The molecule has 0 aliphatic heterocycles. The third-order valence-corrected chi connectivity index (χ3v) is 3.08. The van der Waals surface area contributed by atoms with Crippen molar-refractivity contribution in [2.45, 2.75) is 11.0 Å². The molecule has 0 saturated heterocycles. The molecule has 0 aliphatic carbocycles. The Labute approximate surface area is 110 Å². The maximum Gasteiger partial charge on any atom is 0.307 e. The van der Waals surface area contributed by atoms with Crippen molar-refractivity contribution in [2.24, 2.45) is 0 Å². The zero-order chi connectivity index (χ0) is 13.2. The van der Waals surface area contributed by atoms with E-state index in [1.165, 1.54) is 28.8 Å². The first-order valence-electron chi connectivity index (χ1n) is 5.19. The van der Waals surface area contributed by atoms with E-state index in [0.29, 0.717) is 16.8 Å². The molecule has 0 radical (unpaired) electrons. The summed E-state index contributed by atoms with van der Waals surface area (Å²) in [6.45, 7) is 0. The highest BCUT2D eigenvalue weighted by Crippen LogP contribution is 2.17. The van der Waals surface area contributed by atoms with Gasteiger partial charge in [-0.1, -0.05) is 11.8 Å². The van der Waals surface area contributed by atoms with Crippen LogP contribution in [0.4, 0.5) is 5.69 Å². The predicted octanol–water partition coefficient (Wildman–Crippen LogP) is 0.979. The summed E-state index contributed by atoms with van der Waals surface area (Å²) < 4.78 is 3.02. The number of nitro groups is 1. The Morgan fingerprint density at radius 2 is 2.37 bits per heavy atom. The normalized spacial score (nSPS) is 10.9. The number of nitrogens with zero attached hydrogens (tertiary/aromatic N) is 7. The van der Waals surface area contributed by atoms with Gasteiger partial charge in [-0.15, -0.1) is 5.10 Å². The Morgan fingerprint density at radius 1 is 1.47 bits per heavy atom. The molecule has 0 bridgehead atoms. The first kappa shape index (κ1) is 11.6. The van der Waals surface area contributed by atoms with Crippen LogP contribution in [0.25, 0.3) is 5.78 Å². The summed E-state index contributed by atoms with van der Waals surface area (Å²) in [7, 11) is 0. The van der Waals surface area contributed by atoms with Gasteiger partial charge in [0.1, 0.15) is 12.4 Å². The van der Waals surface area contributed by atoms with Gasteiger partial charge in [0.15, 0.2) is 0 Å². The number of thioether (sulfide) groups is 1. The lowest BCUT2D eigenvalue weighted by molar-refractivity contribution is -0.385. The first-order chi connectivity index (χ1) is 9.22. The summed E-state index contributed by atoms with van der Waals surface area (Å²) >= 11 is 1.32. The first-order valence-corrected chi connectivity index (χ1v) is 6.18. The molecule has 0 amide bonds. The van der Waals surface area contributed by atoms with E-state index in [-0.39, 0.29) is 5.69 Å². The van der Waals surface area contributed by atoms with Crippen molar-refractivity contribution in [3.63, 3.8) is 0 Å². The fourth-order valence-corrected chi connectivity index (χ4v) is 2.10. The van der Waals surface area contributed by atoms with Crippen molar-refractivity contribution in [3.8, 4) is 0 Å². The summed E-state index contributed by atoms with van der Waals surface area (Å²) in [5, 5.41) is 19.1. The molecule has 96 valence electrons. The zero-order valence-electron chi connectivity index (χ0n) is 9.45. The second kappa shape index (κ2) is 4.65. The molecule has 0 atom stereocenters. The van der Waals surface area contributed by atoms with E-state index < -0.39 is 4.92 Å². The van der Waals surface area contributed by atoms with Gasteiger partial charge in [-0.3, -0.25) is 14.8 Å². The number of hydrogen-bond donors (Lipinski definition) is 0. The minimum atomic E-state index is -0.485.